The van der Waals surface area contributed by atoms with E-state index in [0.717, 1.165) is 5.56 Å². The predicted molar refractivity (Wildman–Crippen MR) is 59.5 cm³/mol. The lowest BCUT2D eigenvalue weighted by Crippen LogP contribution is -2.04. The van der Waals surface area contributed by atoms with E-state index < -0.39 is 0 Å². The minimum Gasteiger partial charge on any atom is -0.504 e. The molecule has 0 aliphatic heterocycles. The van der Waals surface area contributed by atoms with Gasteiger partial charge in [-0.15, -0.1) is 0 Å². The van der Waals surface area contributed by atoms with Gasteiger partial charge in [-0.2, -0.15) is 0 Å². The first-order valence-electron chi connectivity index (χ1n) is 4.79. The number of phenols is 1. The number of aromatic hydroxyl groups is 1. The van der Waals surface area contributed by atoms with Crippen LogP contribution in [0, 0.1) is 0 Å². The van der Waals surface area contributed by atoms with Gasteiger partial charge in [0.2, 0.25) is 0 Å². The summed E-state index contributed by atoms with van der Waals surface area (Å²) in [5.74, 6) is 0.0390. The highest BCUT2D eigenvalue weighted by Gasteiger charge is 2.07. The molecule has 0 saturated carbocycles. The number of hydrogen-bond acceptors (Lipinski definition) is 4. The third kappa shape index (κ3) is 3.31. The lowest BCUT2D eigenvalue weighted by molar-refractivity contribution is -0.139. The van der Waals surface area contributed by atoms with Crippen molar-refractivity contribution >= 4 is 5.97 Å². The molecule has 16 heavy (non-hydrogen) atoms. The summed E-state index contributed by atoms with van der Waals surface area (Å²) in [4.78, 5) is 11.0. The zero-order valence-corrected chi connectivity index (χ0v) is 9.10. The van der Waals surface area contributed by atoms with E-state index >= 15 is 0 Å². The van der Waals surface area contributed by atoms with Crippen LogP contribution in [0.5, 0.6) is 11.5 Å². The summed E-state index contributed by atoms with van der Waals surface area (Å²) in [5.41, 5.74) is 0.726. The van der Waals surface area contributed by atoms with Gasteiger partial charge in [-0.05, 0) is 17.7 Å². The van der Waals surface area contributed by atoms with Crippen molar-refractivity contribution in [3.63, 3.8) is 0 Å². The summed E-state index contributed by atoms with van der Waals surface area (Å²) in [6.07, 6.45) is 1.73. The van der Waals surface area contributed by atoms with E-state index in [1.165, 1.54) is 13.2 Å². The fourth-order valence-corrected chi connectivity index (χ4v) is 1.17. The van der Waals surface area contributed by atoms with Crippen LogP contribution in [0.25, 0.3) is 0 Å². The molecule has 0 aliphatic rings. The van der Waals surface area contributed by atoms with E-state index in [1.54, 1.807) is 18.2 Å². The summed E-state index contributed by atoms with van der Waals surface area (Å²) in [6.45, 7) is 3.81. The molecular weight excluding hydrogens is 208 g/mol. The van der Waals surface area contributed by atoms with Crippen LogP contribution in [0.2, 0.25) is 0 Å². The minimum absolute atomic E-state index is 0.0375. The molecule has 1 N–H and O–H groups in total. The van der Waals surface area contributed by atoms with E-state index in [0.29, 0.717) is 12.4 Å². The van der Waals surface area contributed by atoms with E-state index in [2.05, 4.69) is 11.3 Å². The number of ether oxygens (including phenoxy) is 2. The molecule has 0 spiro atoms. The van der Waals surface area contributed by atoms with Gasteiger partial charge in [0.1, 0.15) is 6.61 Å². The summed E-state index contributed by atoms with van der Waals surface area (Å²) in [7, 11) is 1.33. The summed E-state index contributed by atoms with van der Waals surface area (Å²) in [5, 5.41) is 9.48. The highest BCUT2D eigenvalue weighted by atomic mass is 16.5. The Bertz CT molecular complexity index is 385. The molecule has 0 bridgehead atoms. The third-order valence-corrected chi connectivity index (χ3v) is 1.96. The lowest BCUT2D eigenvalue weighted by Gasteiger charge is -2.07. The molecule has 0 saturated heterocycles. The van der Waals surface area contributed by atoms with Crippen LogP contribution in [0.1, 0.15) is 5.56 Å². The fraction of sp³-hybridized carbons (Fsp3) is 0.250. The number of methoxy groups -OCH3 is 1. The van der Waals surface area contributed by atoms with Gasteiger partial charge >= 0.3 is 5.97 Å². The molecule has 1 aromatic rings. The fourth-order valence-electron chi connectivity index (χ4n) is 1.17. The van der Waals surface area contributed by atoms with Gasteiger partial charge in [0.05, 0.1) is 13.5 Å². The first kappa shape index (κ1) is 12.1. The largest absolute Gasteiger partial charge is 0.504 e. The van der Waals surface area contributed by atoms with Crippen molar-refractivity contribution in [3.8, 4) is 11.5 Å². The van der Waals surface area contributed by atoms with Gasteiger partial charge in [-0.1, -0.05) is 18.7 Å². The number of benzene rings is 1. The molecule has 0 aliphatic carbocycles. The van der Waals surface area contributed by atoms with Gasteiger partial charge in [-0.3, -0.25) is 4.79 Å². The quantitative estimate of drug-likeness (QED) is 0.608. The van der Waals surface area contributed by atoms with Crippen LogP contribution in [-0.2, 0) is 16.0 Å². The van der Waals surface area contributed by atoms with E-state index in [1.807, 2.05) is 0 Å². The Kier molecular flexibility index (Phi) is 4.39. The SMILES string of the molecule is C=CCOc1cc(CC(=O)OC)ccc1O. The van der Waals surface area contributed by atoms with E-state index in [9.17, 15) is 9.90 Å². The summed E-state index contributed by atoms with van der Waals surface area (Å²) < 4.78 is 9.77. The first-order valence-corrected chi connectivity index (χ1v) is 4.79. The Hall–Kier alpha value is -1.97. The predicted octanol–water partition coefficient (Wildman–Crippen LogP) is 1.67. The molecule has 1 rings (SSSR count). The Morgan fingerprint density at radius 3 is 2.94 bits per heavy atom. The smallest absolute Gasteiger partial charge is 0.309 e. The maximum absolute atomic E-state index is 11.0. The molecule has 0 fully saturated rings. The molecule has 0 amide bonds. The Morgan fingerprint density at radius 2 is 2.31 bits per heavy atom. The average Bonchev–Trinajstić information content (AvgIpc) is 2.29. The van der Waals surface area contributed by atoms with E-state index in [-0.39, 0.29) is 18.1 Å². The third-order valence-electron chi connectivity index (χ3n) is 1.96. The zero-order valence-electron chi connectivity index (χ0n) is 9.10. The number of rotatable bonds is 5. The van der Waals surface area contributed by atoms with Crippen molar-refractivity contribution in [2.24, 2.45) is 0 Å². The minimum atomic E-state index is -0.333. The molecule has 4 nitrogen and oxygen atoms in total. The molecule has 0 heterocycles. The van der Waals surface area contributed by atoms with Crippen molar-refractivity contribution in [2.45, 2.75) is 6.42 Å². The van der Waals surface area contributed by atoms with Crippen LogP contribution < -0.4 is 4.74 Å². The van der Waals surface area contributed by atoms with Crippen molar-refractivity contribution in [2.75, 3.05) is 13.7 Å². The number of hydrogen-bond donors (Lipinski definition) is 1. The molecule has 0 unspecified atom stereocenters. The second-order valence-electron chi connectivity index (χ2n) is 3.15. The van der Waals surface area contributed by atoms with Crippen LogP contribution in [-0.4, -0.2) is 24.8 Å². The molecule has 0 radical (unpaired) electrons. The second kappa shape index (κ2) is 5.80. The Balaban J connectivity index is 2.80. The Labute approximate surface area is 94.1 Å². The highest BCUT2D eigenvalue weighted by molar-refractivity contribution is 5.72. The number of esters is 1. The normalized spacial score (nSPS) is 9.56. The van der Waals surface area contributed by atoms with Crippen LogP contribution in [0.3, 0.4) is 0 Å². The molecule has 4 heteroatoms. The standard InChI is InChI=1S/C12H14O4/c1-3-6-16-11-7-9(4-5-10(11)13)8-12(14)15-2/h3-5,7,13H,1,6,8H2,2H3. The van der Waals surface area contributed by atoms with Crippen LogP contribution >= 0.6 is 0 Å². The molecule has 0 aromatic heterocycles. The molecule has 1 aromatic carbocycles. The molecular formula is C12H14O4. The number of phenolic OH excluding ortho intramolecular Hbond substituents is 1. The van der Waals surface area contributed by atoms with Crippen molar-refractivity contribution in [1.82, 2.24) is 0 Å². The van der Waals surface area contributed by atoms with Crippen molar-refractivity contribution in [1.29, 1.82) is 0 Å². The number of carbonyl (C=O) groups excluding carboxylic acids is 1. The molecule has 0 atom stereocenters. The van der Waals surface area contributed by atoms with Crippen molar-refractivity contribution < 1.29 is 19.4 Å². The van der Waals surface area contributed by atoms with Gasteiger partial charge < -0.3 is 14.6 Å². The van der Waals surface area contributed by atoms with Gasteiger partial charge in [0.25, 0.3) is 0 Å². The monoisotopic (exact) mass is 222 g/mol. The van der Waals surface area contributed by atoms with Gasteiger partial charge in [0, 0.05) is 0 Å². The lowest BCUT2D eigenvalue weighted by atomic mass is 10.1. The molecule has 86 valence electrons. The van der Waals surface area contributed by atoms with Gasteiger partial charge in [-0.25, -0.2) is 0 Å². The maximum atomic E-state index is 11.0. The maximum Gasteiger partial charge on any atom is 0.309 e. The van der Waals surface area contributed by atoms with Crippen LogP contribution in [0.4, 0.5) is 0 Å². The number of carbonyl (C=O) groups is 1. The zero-order chi connectivity index (χ0) is 12.0. The van der Waals surface area contributed by atoms with Crippen molar-refractivity contribution in [3.05, 3.63) is 36.4 Å². The second-order valence-corrected chi connectivity index (χ2v) is 3.15. The van der Waals surface area contributed by atoms with E-state index in [4.69, 9.17) is 4.74 Å². The Morgan fingerprint density at radius 1 is 1.56 bits per heavy atom. The topological polar surface area (TPSA) is 55.8 Å². The first-order chi connectivity index (χ1) is 7.67. The summed E-state index contributed by atoms with van der Waals surface area (Å²) >= 11 is 0. The highest BCUT2D eigenvalue weighted by Crippen LogP contribution is 2.27. The van der Waals surface area contributed by atoms with Crippen LogP contribution in [0.15, 0.2) is 30.9 Å². The average molecular weight is 222 g/mol. The van der Waals surface area contributed by atoms with Gasteiger partial charge in [0.15, 0.2) is 11.5 Å². The summed E-state index contributed by atoms with van der Waals surface area (Å²) in [6, 6.07) is 4.74.